The molecule has 0 spiro atoms. The molecule has 2 nitrogen and oxygen atoms in total. The monoisotopic (exact) mass is 159 g/mol. The first-order valence-corrected chi connectivity index (χ1v) is 3.82. The molecule has 0 bridgehead atoms. The molecule has 0 aliphatic rings. The van der Waals surface area contributed by atoms with Crippen molar-refractivity contribution in [1.29, 1.82) is 0 Å². The minimum atomic E-state index is 0.782. The second-order valence-electron chi connectivity index (χ2n) is 2.66. The minimum absolute atomic E-state index is 0.782. The summed E-state index contributed by atoms with van der Waals surface area (Å²) in [6.07, 6.45) is 0. The Morgan fingerprint density at radius 2 is 2.17 bits per heavy atom. The third-order valence-corrected chi connectivity index (χ3v) is 1.97. The van der Waals surface area contributed by atoms with E-state index in [4.69, 9.17) is 13.2 Å². The Balaban J connectivity index is 3.35. The van der Waals surface area contributed by atoms with E-state index >= 15 is 0 Å². The molecular formula is C9H12BN2. The Morgan fingerprint density at radius 1 is 1.50 bits per heavy atom. The fourth-order valence-electron chi connectivity index (χ4n) is 1.22. The Labute approximate surface area is 73.9 Å². The van der Waals surface area contributed by atoms with Crippen LogP contribution >= 0.6 is 0 Å². The first kappa shape index (κ1) is 8.85. The zero-order valence-electron chi connectivity index (χ0n) is 7.39. The zero-order chi connectivity index (χ0) is 9.14. The molecule has 12 heavy (non-hydrogen) atoms. The maximum absolute atomic E-state index is 5.73. The van der Waals surface area contributed by atoms with Crippen LogP contribution < -0.4 is 11.1 Å². The molecule has 3 heteroatoms. The molecule has 0 fully saturated rings. The van der Waals surface area contributed by atoms with Crippen LogP contribution in [0.15, 0.2) is 12.1 Å². The van der Waals surface area contributed by atoms with Crippen molar-refractivity contribution >= 4 is 24.8 Å². The van der Waals surface area contributed by atoms with Crippen LogP contribution in [0.4, 0.5) is 11.4 Å². The van der Waals surface area contributed by atoms with Crippen molar-refractivity contribution in [2.24, 2.45) is 0 Å². The number of nitrogens with two attached hydrogens (primary N) is 1. The number of hydrogen-bond acceptors (Lipinski definition) is 2. The van der Waals surface area contributed by atoms with E-state index in [2.05, 4.69) is 5.32 Å². The van der Waals surface area contributed by atoms with Gasteiger partial charge in [0.05, 0.1) is 0 Å². The van der Waals surface area contributed by atoms with Gasteiger partial charge in [-0.1, -0.05) is 0 Å². The van der Waals surface area contributed by atoms with Crippen LogP contribution in [-0.2, 0) is 0 Å². The van der Waals surface area contributed by atoms with E-state index < -0.39 is 0 Å². The summed E-state index contributed by atoms with van der Waals surface area (Å²) in [7, 11) is 7.30. The third kappa shape index (κ3) is 1.35. The normalized spacial score (nSPS) is 9.42. The fraction of sp³-hybridized carbons (Fsp3) is 0.222. The van der Waals surface area contributed by atoms with Gasteiger partial charge < -0.3 is 0 Å². The summed E-state index contributed by atoms with van der Waals surface area (Å²) in [5.74, 6) is 1.57. The van der Waals surface area contributed by atoms with Crippen LogP contribution in [0, 0.1) is 6.92 Å². The first-order valence-electron chi connectivity index (χ1n) is 3.82. The number of nitrogen functional groups attached to an aromatic ring is 1. The van der Waals surface area contributed by atoms with Crippen molar-refractivity contribution in [1.82, 2.24) is 0 Å². The van der Waals surface area contributed by atoms with Crippen LogP contribution in [0.1, 0.15) is 11.1 Å². The molecular weight excluding hydrogens is 147 g/mol. The van der Waals surface area contributed by atoms with E-state index in [1.54, 1.807) is 5.97 Å². The van der Waals surface area contributed by atoms with Crippen LogP contribution in [0.2, 0.25) is 0 Å². The summed E-state index contributed by atoms with van der Waals surface area (Å²) in [5.41, 5.74) is 9.52. The summed E-state index contributed by atoms with van der Waals surface area (Å²) in [4.78, 5) is 0. The molecule has 0 atom stereocenters. The topological polar surface area (TPSA) is 38.0 Å². The molecule has 0 saturated carbocycles. The van der Waals surface area contributed by atoms with Gasteiger partial charge in [-0.25, -0.2) is 0 Å². The number of rotatable bonds is 2. The van der Waals surface area contributed by atoms with Crippen LogP contribution in [0.25, 0.3) is 0 Å². The standard InChI is InChI=1S/C9H12BN2/c1-6-8(11)4-3-7(5-10)9(6)12-2/h3-5,12H,11H2,1-2H3. The molecule has 0 aliphatic heterocycles. The van der Waals surface area contributed by atoms with Gasteiger partial charge in [0.2, 0.25) is 0 Å². The van der Waals surface area contributed by atoms with Gasteiger partial charge in [-0.05, 0) is 0 Å². The Kier molecular flexibility index (Phi) is 2.53. The van der Waals surface area contributed by atoms with E-state index in [0.717, 1.165) is 22.5 Å². The zero-order valence-corrected chi connectivity index (χ0v) is 7.39. The van der Waals surface area contributed by atoms with Gasteiger partial charge in [-0.15, -0.1) is 0 Å². The Bertz CT molecular complexity index is 308. The quantitative estimate of drug-likeness (QED) is 0.497. The average molecular weight is 159 g/mol. The van der Waals surface area contributed by atoms with Crippen LogP contribution in [-0.4, -0.2) is 20.5 Å². The van der Waals surface area contributed by atoms with E-state index in [1.807, 2.05) is 26.1 Å². The van der Waals surface area contributed by atoms with Crippen molar-refractivity contribution in [3.05, 3.63) is 23.3 Å². The molecule has 61 valence electrons. The summed E-state index contributed by atoms with van der Waals surface area (Å²) in [5, 5.41) is 3.06. The molecule has 1 aromatic rings. The van der Waals surface area contributed by atoms with Crippen molar-refractivity contribution in [3.63, 3.8) is 0 Å². The third-order valence-electron chi connectivity index (χ3n) is 1.97. The van der Waals surface area contributed by atoms with Gasteiger partial charge in [0.15, 0.2) is 0 Å². The molecule has 0 aliphatic carbocycles. The average Bonchev–Trinajstić information content (AvgIpc) is 2.09. The Morgan fingerprint density at radius 3 is 2.67 bits per heavy atom. The molecule has 1 radical (unpaired) electrons. The number of benzene rings is 1. The molecule has 0 heterocycles. The second kappa shape index (κ2) is 3.43. The molecule has 3 N–H and O–H groups in total. The molecule has 1 aromatic carbocycles. The summed E-state index contributed by atoms with van der Waals surface area (Å²) < 4.78 is 0. The summed E-state index contributed by atoms with van der Waals surface area (Å²) in [6.45, 7) is 1.97. The predicted molar refractivity (Wildman–Crippen MR) is 56.1 cm³/mol. The molecule has 0 unspecified atom stereocenters. The van der Waals surface area contributed by atoms with Gasteiger partial charge in [-0.3, -0.25) is 0 Å². The number of nitrogens with one attached hydrogen (secondary N) is 1. The number of hydrogen-bond donors (Lipinski definition) is 2. The van der Waals surface area contributed by atoms with Gasteiger partial charge in [0, 0.05) is 0 Å². The molecule has 0 aromatic heterocycles. The van der Waals surface area contributed by atoms with Gasteiger partial charge in [-0.2, -0.15) is 0 Å². The van der Waals surface area contributed by atoms with E-state index in [1.165, 1.54) is 0 Å². The van der Waals surface area contributed by atoms with E-state index in [-0.39, 0.29) is 0 Å². The Hall–Kier alpha value is -1.25. The van der Waals surface area contributed by atoms with Crippen LogP contribution in [0.3, 0.4) is 0 Å². The molecule has 1 rings (SSSR count). The predicted octanol–water partition coefficient (Wildman–Crippen LogP) is 0.938. The summed E-state index contributed by atoms with van der Waals surface area (Å²) >= 11 is 0. The van der Waals surface area contributed by atoms with E-state index in [0.29, 0.717) is 0 Å². The molecule has 0 amide bonds. The fourth-order valence-corrected chi connectivity index (χ4v) is 1.22. The number of anilines is 2. The van der Waals surface area contributed by atoms with Crippen molar-refractivity contribution in [2.75, 3.05) is 18.1 Å². The first-order chi connectivity index (χ1) is 5.70. The van der Waals surface area contributed by atoms with Gasteiger partial charge in [0.1, 0.15) is 0 Å². The molecule has 0 saturated heterocycles. The van der Waals surface area contributed by atoms with Crippen molar-refractivity contribution in [3.8, 4) is 0 Å². The maximum atomic E-state index is 5.73. The second-order valence-corrected chi connectivity index (χ2v) is 2.66. The van der Waals surface area contributed by atoms with Crippen molar-refractivity contribution < 1.29 is 0 Å². The van der Waals surface area contributed by atoms with E-state index in [9.17, 15) is 0 Å². The van der Waals surface area contributed by atoms with Gasteiger partial charge >= 0.3 is 73.1 Å². The van der Waals surface area contributed by atoms with Crippen LogP contribution in [0.5, 0.6) is 0 Å². The SMILES string of the molecule is [B]=Cc1ccc(N)c(C)c1NC. The van der Waals surface area contributed by atoms with Gasteiger partial charge in [0.25, 0.3) is 0 Å². The van der Waals surface area contributed by atoms with Crippen molar-refractivity contribution in [2.45, 2.75) is 6.92 Å². The summed E-state index contributed by atoms with van der Waals surface area (Å²) in [6, 6.07) is 3.75.